The molecular formula is C51H62N2O13. The van der Waals surface area contributed by atoms with E-state index in [4.69, 9.17) is 42.6 Å². The van der Waals surface area contributed by atoms with Crippen LogP contribution in [0.25, 0.3) is 11.8 Å². The van der Waals surface area contributed by atoms with Crippen LogP contribution >= 0.6 is 0 Å². The number of nitrogens with zero attached hydrogens (tertiary/aromatic N) is 1. The molecule has 66 heavy (non-hydrogen) atoms. The van der Waals surface area contributed by atoms with E-state index in [1.54, 1.807) is 26.8 Å². The van der Waals surface area contributed by atoms with Gasteiger partial charge in [0.1, 0.15) is 64.5 Å². The first-order chi connectivity index (χ1) is 31.0. The van der Waals surface area contributed by atoms with Gasteiger partial charge in [-0.3, -0.25) is 10.2 Å². The first-order valence-corrected chi connectivity index (χ1v) is 23.0. The number of nitrogens with one attached hydrogen (secondary N) is 1. The minimum atomic E-state index is -1.72. The van der Waals surface area contributed by atoms with E-state index in [0.717, 1.165) is 12.0 Å². The molecule has 15 nitrogen and oxygen atoms in total. The Kier molecular flexibility index (Phi) is 11.1. The number of carbonyl (C=O) groups is 2. The van der Waals surface area contributed by atoms with Gasteiger partial charge < -0.3 is 52.8 Å². The number of Topliss-reactive ketones (excluding diaryl/α,β-unsaturated/α-hetero) is 1. The Morgan fingerprint density at radius 3 is 2.42 bits per heavy atom. The zero-order valence-electron chi connectivity index (χ0n) is 39.7. The molecule has 1 spiro atoms. The predicted octanol–water partition coefficient (Wildman–Crippen LogP) is 6.96. The van der Waals surface area contributed by atoms with Crippen molar-refractivity contribution in [2.24, 2.45) is 23.7 Å². The van der Waals surface area contributed by atoms with Crippen LogP contribution in [0.4, 0.5) is 0 Å². The van der Waals surface area contributed by atoms with Crippen molar-refractivity contribution < 1.29 is 62.4 Å². The number of aliphatic hydroxyl groups is 2. The van der Waals surface area contributed by atoms with Gasteiger partial charge in [-0.2, -0.15) is 5.26 Å². The normalized spacial score (nSPS) is 37.2. The van der Waals surface area contributed by atoms with Crippen molar-refractivity contribution in [1.82, 2.24) is 0 Å². The molecule has 15 heteroatoms. The van der Waals surface area contributed by atoms with Gasteiger partial charge in [-0.05, 0) is 107 Å². The van der Waals surface area contributed by atoms with Crippen LogP contribution in [0.2, 0.25) is 0 Å². The number of carbonyl (C=O) groups excluding carboxylic acids is 2. The molecule has 9 aliphatic rings. The van der Waals surface area contributed by atoms with E-state index in [-0.39, 0.29) is 53.1 Å². The lowest BCUT2D eigenvalue weighted by atomic mass is 9.44. The van der Waals surface area contributed by atoms with E-state index in [1.807, 2.05) is 66.7 Å². The highest BCUT2D eigenvalue weighted by atomic mass is 16.8. The van der Waals surface area contributed by atoms with Gasteiger partial charge in [0, 0.05) is 40.9 Å². The van der Waals surface area contributed by atoms with Crippen molar-refractivity contribution in [2.75, 3.05) is 13.7 Å². The van der Waals surface area contributed by atoms with Crippen molar-refractivity contribution in [1.29, 1.82) is 10.7 Å². The smallest absolute Gasteiger partial charge is 0.333 e. The lowest BCUT2D eigenvalue weighted by molar-refractivity contribution is -0.373. The number of nitriles is 1. The number of ether oxygens (including phenoxy) is 9. The summed E-state index contributed by atoms with van der Waals surface area (Å²) < 4.78 is 59.1. The molecule has 3 N–H and O–H groups in total. The maximum absolute atomic E-state index is 15.5. The van der Waals surface area contributed by atoms with Gasteiger partial charge in [0.2, 0.25) is 12.2 Å². The average molecular weight is 911 g/mol. The van der Waals surface area contributed by atoms with E-state index < -0.39 is 88.5 Å². The van der Waals surface area contributed by atoms with Gasteiger partial charge in [-0.15, -0.1) is 0 Å². The Labute approximate surface area is 385 Å². The van der Waals surface area contributed by atoms with E-state index >= 15 is 4.79 Å². The summed E-state index contributed by atoms with van der Waals surface area (Å²) in [5.41, 5.74) is -0.820. The maximum Gasteiger partial charge on any atom is 0.333 e. The molecule has 0 radical (unpaired) electrons. The summed E-state index contributed by atoms with van der Waals surface area (Å²) in [6, 6.07) is 2.29. The number of esters is 1. The fourth-order valence-electron chi connectivity index (χ4n) is 11.8. The molecule has 1 aromatic carbocycles. The third kappa shape index (κ3) is 6.84. The summed E-state index contributed by atoms with van der Waals surface area (Å²) in [4.78, 5) is 28.4. The van der Waals surface area contributed by atoms with E-state index in [9.17, 15) is 25.7 Å². The summed E-state index contributed by atoms with van der Waals surface area (Å²) in [5, 5.41) is 43.6. The molecule has 1 aromatic rings. The second kappa shape index (κ2) is 15.9. The lowest BCUT2D eigenvalue weighted by Crippen LogP contribution is -2.75. The summed E-state index contributed by atoms with van der Waals surface area (Å²) in [5.74, 6) is -4.50. The zero-order valence-corrected chi connectivity index (χ0v) is 39.7. The molecule has 3 saturated heterocycles. The average Bonchev–Trinajstić information content (AvgIpc) is 3.39. The Balaban J connectivity index is 1.33. The van der Waals surface area contributed by atoms with Crippen LogP contribution < -0.4 is 14.2 Å². The molecule has 7 unspecified atom stereocenters. The number of fused-ring (bicyclic) bond motifs is 4. The standard InChI is InChI=1S/C51H62N2O13/c1-24(2)13-12-18-49(10)19-17-28-38(64-49)27(15-14-25(3)4)40-34(39(28)62-46-37(55)36(54)41-31(60-46)23-59-48(8,9)63-41)42-35-33(30(22-52)44(53)61-42)29-21-32-47(6,7)66-50(43(29)56,51(32,35)65-40)20-16-26(5)45(57)58-11/h13-14,16-17,19,29-33,36-37,41,46,53-55H,12,15,18,20-21,23H2,1-11H3/t29?,30?,31-,32?,33?,36-,37-,41-,46+,49?,50?,51?/m0/s1. The molecule has 3 aliphatic carbocycles. The minimum Gasteiger partial charge on any atom is -0.482 e. The topological polar surface area (TPSA) is 205 Å². The van der Waals surface area contributed by atoms with Crippen molar-refractivity contribution in [2.45, 2.75) is 160 Å². The van der Waals surface area contributed by atoms with E-state index in [2.05, 4.69) is 12.1 Å². The van der Waals surface area contributed by atoms with Crippen molar-refractivity contribution in [3.8, 4) is 23.3 Å². The SMILES string of the molecule is COC(=O)C(C)=CCC12OC(C)(C)C3CC(C1=O)C1C4=C(OC(=N)C1C#N)c1c(O[C@H]5O[C@H]6COC(C)(C)O[C@@H]6[C@@H](O)[C@@H]5O)c5c(c(CC=C(C)C)c1OC432)OC(C)(CCC=C(C)C)C=C5. The largest absolute Gasteiger partial charge is 0.482 e. The highest BCUT2D eigenvalue weighted by Crippen LogP contribution is 2.74. The Hall–Kier alpha value is -4.82. The number of benzene rings is 1. The monoisotopic (exact) mass is 910 g/mol. The van der Waals surface area contributed by atoms with Gasteiger partial charge >= 0.3 is 5.97 Å². The number of allylic oxidation sites excluding steroid dienone is 4. The van der Waals surface area contributed by atoms with Crippen molar-refractivity contribution >= 4 is 29.5 Å². The number of rotatable bonds is 10. The number of aliphatic hydroxyl groups excluding tert-OH is 2. The molecule has 10 rings (SSSR count). The predicted molar refractivity (Wildman–Crippen MR) is 239 cm³/mol. The molecule has 6 fully saturated rings. The van der Waals surface area contributed by atoms with Crippen LogP contribution in [0.1, 0.15) is 112 Å². The first-order valence-electron chi connectivity index (χ1n) is 23.0. The molecule has 6 aliphatic heterocycles. The van der Waals surface area contributed by atoms with Crippen LogP contribution in [0.5, 0.6) is 17.2 Å². The molecule has 6 heterocycles. The van der Waals surface area contributed by atoms with Crippen molar-refractivity contribution in [3.63, 3.8) is 0 Å². The summed E-state index contributed by atoms with van der Waals surface area (Å²) in [6.45, 7) is 19.0. The highest BCUT2D eigenvalue weighted by molar-refractivity contribution is 6.03. The van der Waals surface area contributed by atoms with Gasteiger partial charge in [-0.25, -0.2) is 4.79 Å². The minimum absolute atomic E-state index is 0.0449. The molecule has 12 atom stereocenters. The number of ketones is 1. The zero-order chi connectivity index (χ0) is 47.6. The van der Waals surface area contributed by atoms with Gasteiger partial charge in [0.15, 0.2) is 22.8 Å². The van der Waals surface area contributed by atoms with E-state index in [1.165, 1.54) is 12.7 Å². The number of methoxy groups -OCH3 is 1. The lowest BCUT2D eigenvalue weighted by Gasteiger charge is -2.62. The number of hydrogen-bond acceptors (Lipinski definition) is 15. The van der Waals surface area contributed by atoms with Crippen molar-refractivity contribution in [3.05, 3.63) is 63.3 Å². The molecule has 0 amide bonds. The Morgan fingerprint density at radius 2 is 1.74 bits per heavy atom. The maximum atomic E-state index is 15.5. The fourth-order valence-corrected chi connectivity index (χ4v) is 11.8. The molecular weight excluding hydrogens is 849 g/mol. The quantitative estimate of drug-likeness (QED) is 0.123. The summed E-state index contributed by atoms with van der Waals surface area (Å²) in [6.07, 6.45) is 5.32. The van der Waals surface area contributed by atoms with Crippen LogP contribution in [0.15, 0.2) is 46.6 Å². The Morgan fingerprint density at radius 1 is 1.02 bits per heavy atom. The van der Waals surface area contributed by atoms with E-state index in [0.29, 0.717) is 41.7 Å². The van der Waals surface area contributed by atoms with Gasteiger partial charge in [0.05, 0.1) is 31.0 Å². The first kappa shape index (κ1) is 46.3. The third-order valence-corrected chi connectivity index (χ3v) is 14.9. The summed E-state index contributed by atoms with van der Waals surface area (Å²) in [7, 11) is 1.29. The van der Waals surface area contributed by atoms with Crippen LogP contribution in [0, 0.1) is 40.4 Å². The second-order valence-electron chi connectivity index (χ2n) is 20.8. The molecule has 0 aromatic heterocycles. The number of hydrogen-bond donors (Lipinski definition) is 3. The van der Waals surface area contributed by atoms with Crippen LogP contribution in [0.3, 0.4) is 0 Å². The third-order valence-electron chi connectivity index (χ3n) is 14.9. The highest BCUT2D eigenvalue weighted by Gasteiger charge is 2.84. The Bertz CT molecular complexity index is 2480. The molecule has 3 saturated carbocycles. The molecule has 354 valence electrons. The van der Waals surface area contributed by atoms with Crippen LogP contribution in [-0.2, 0) is 44.4 Å². The second-order valence-corrected chi connectivity index (χ2v) is 20.8. The summed E-state index contributed by atoms with van der Waals surface area (Å²) >= 11 is 0. The molecule has 4 bridgehead atoms. The van der Waals surface area contributed by atoms with Gasteiger partial charge in [-0.1, -0.05) is 29.4 Å². The van der Waals surface area contributed by atoms with Gasteiger partial charge in [0.25, 0.3) is 0 Å². The van der Waals surface area contributed by atoms with Crippen LogP contribution in [-0.4, -0.2) is 100 Å². The fraction of sp³-hybridized carbons (Fsp3) is 0.608.